The van der Waals surface area contributed by atoms with Crippen molar-refractivity contribution in [1.82, 2.24) is 29.4 Å². The Bertz CT molecular complexity index is 1370. The lowest BCUT2D eigenvalue weighted by atomic mass is 9.99. The molecule has 9 heteroatoms. The molecule has 0 bridgehead atoms. The number of fused-ring (bicyclic) bond motifs is 1. The third-order valence-corrected chi connectivity index (χ3v) is 5.99. The van der Waals surface area contributed by atoms with Crippen molar-refractivity contribution in [3.05, 3.63) is 65.2 Å². The van der Waals surface area contributed by atoms with Gasteiger partial charge in [-0.15, -0.1) is 0 Å². The van der Waals surface area contributed by atoms with Gasteiger partial charge in [0.25, 0.3) is 5.91 Å². The first kappa shape index (κ1) is 20.3. The van der Waals surface area contributed by atoms with E-state index in [0.717, 1.165) is 22.4 Å². The summed E-state index contributed by atoms with van der Waals surface area (Å²) in [4.78, 5) is 30.9. The molecule has 0 aliphatic carbocycles. The SMILES string of the molecule is Cc1nn(C)cc1-c1ccccc1-c1nc2cc(C(=O)N3CCNC(=O)C3)ccn2c1Cl. The minimum absolute atomic E-state index is 0.0578. The van der Waals surface area contributed by atoms with E-state index in [1.54, 1.807) is 27.4 Å². The summed E-state index contributed by atoms with van der Waals surface area (Å²) in [5, 5.41) is 7.65. The predicted molar refractivity (Wildman–Crippen MR) is 121 cm³/mol. The highest BCUT2D eigenvalue weighted by molar-refractivity contribution is 6.32. The molecule has 1 N–H and O–H groups in total. The summed E-state index contributed by atoms with van der Waals surface area (Å²) in [6.45, 7) is 2.96. The minimum atomic E-state index is -0.200. The molecule has 2 amide bonds. The second kappa shape index (κ2) is 7.80. The van der Waals surface area contributed by atoms with Crippen LogP contribution >= 0.6 is 11.6 Å². The maximum Gasteiger partial charge on any atom is 0.254 e. The van der Waals surface area contributed by atoms with Gasteiger partial charge in [-0.3, -0.25) is 18.7 Å². The van der Waals surface area contributed by atoms with E-state index in [9.17, 15) is 9.59 Å². The average Bonchev–Trinajstić information content (AvgIpc) is 3.30. The molecule has 0 saturated carbocycles. The number of pyridine rings is 1. The summed E-state index contributed by atoms with van der Waals surface area (Å²) in [6.07, 6.45) is 3.72. The Labute approximate surface area is 189 Å². The van der Waals surface area contributed by atoms with Gasteiger partial charge >= 0.3 is 0 Å². The highest BCUT2D eigenvalue weighted by Gasteiger charge is 2.24. The van der Waals surface area contributed by atoms with Gasteiger partial charge in [-0.1, -0.05) is 35.9 Å². The molecule has 1 aliphatic heterocycles. The number of benzene rings is 1. The third-order valence-electron chi connectivity index (χ3n) is 5.63. The molecule has 8 nitrogen and oxygen atoms in total. The maximum absolute atomic E-state index is 12.9. The first-order chi connectivity index (χ1) is 15.4. The number of rotatable bonds is 3. The highest BCUT2D eigenvalue weighted by atomic mass is 35.5. The first-order valence-corrected chi connectivity index (χ1v) is 10.6. The lowest BCUT2D eigenvalue weighted by Gasteiger charge is -2.26. The van der Waals surface area contributed by atoms with E-state index in [-0.39, 0.29) is 18.4 Å². The Morgan fingerprint density at radius 2 is 1.94 bits per heavy atom. The fraction of sp³-hybridized carbons (Fsp3) is 0.217. The van der Waals surface area contributed by atoms with Crippen LogP contribution in [-0.4, -0.2) is 55.5 Å². The molecular formula is C23H21ClN6O2. The normalized spacial score (nSPS) is 14.1. The topological polar surface area (TPSA) is 84.5 Å². The Morgan fingerprint density at radius 3 is 2.66 bits per heavy atom. The summed E-state index contributed by atoms with van der Waals surface area (Å²) in [5.41, 5.74) is 5.46. The van der Waals surface area contributed by atoms with Crippen LogP contribution in [0.15, 0.2) is 48.8 Å². The maximum atomic E-state index is 12.9. The van der Waals surface area contributed by atoms with E-state index in [2.05, 4.69) is 10.4 Å². The molecule has 5 rings (SSSR count). The molecular weight excluding hydrogens is 428 g/mol. The number of hydrogen-bond acceptors (Lipinski definition) is 4. The summed E-state index contributed by atoms with van der Waals surface area (Å²) < 4.78 is 3.54. The average molecular weight is 449 g/mol. The third kappa shape index (κ3) is 3.42. The molecule has 1 aliphatic rings. The van der Waals surface area contributed by atoms with Crippen molar-refractivity contribution in [1.29, 1.82) is 0 Å². The molecule has 0 unspecified atom stereocenters. The van der Waals surface area contributed by atoms with Gasteiger partial charge in [-0.25, -0.2) is 4.98 Å². The quantitative estimate of drug-likeness (QED) is 0.522. The monoisotopic (exact) mass is 448 g/mol. The van der Waals surface area contributed by atoms with Gasteiger partial charge in [0.1, 0.15) is 16.5 Å². The molecule has 0 atom stereocenters. The van der Waals surface area contributed by atoms with Crippen LogP contribution in [0.3, 0.4) is 0 Å². The van der Waals surface area contributed by atoms with E-state index in [0.29, 0.717) is 35.1 Å². The first-order valence-electron chi connectivity index (χ1n) is 10.3. The molecule has 1 aromatic carbocycles. The van der Waals surface area contributed by atoms with Crippen molar-refractivity contribution in [2.45, 2.75) is 6.92 Å². The molecule has 1 fully saturated rings. The smallest absolute Gasteiger partial charge is 0.254 e. The van der Waals surface area contributed by atoms with E-state index in [4.69, 9.17) is 16.6 Å². The second-order valence-electron chi connectivity index (χ2n) is 7.82. The zero-order valence-corrected chi connectivity index (χ0v) is 18.4. The zero-order valence-electron chi connectivity index (χ0n) is 17.7. The van der Waals surface area contributed by atoms with Crippen LogP contribution in [0.5, 0.6) is 0 Å². The molecule has 4 heterocycles. The molecule has 162 valence electrons. The van der Waals surface area contributed by atoms with Crippen LogP contribution in [0.4, 0.5) is 0 Å². The van der Waals surface area contributed by atoms with Crippen LogP contribution in [0.2, 0.25) is 5.15 Å². The fourth-order valence-electron chi connectivity index (χ4n) is 4.10. The standard InChI is InChI=1S/C23H21ClN6O2/c1-14-18(12-28(2)27-14)16-5-3-4-6-17(16)21-22(24)30-9-7-15(11-19(30)26-21)23(32)29-10-8-25-20(31)13-29/h3-7,9,11-12H,8,10,13H2,1-2H3,(H,25,31). The Balaban J connectivity index is 1.57. The number of piperazine rings is 1. The molecule has 3 aromatic heterocycles. The van der Waals surface area contributed by atoms with Gasteiger partial charge in [0.2, 0.25) is 5.91 Å². The lowest BCUT2D eigenvalue weighted by Crippen LogP contribution is -2.49. The van der Waals surface area contributed by atoms with E-state index in [1.807, 2.05) is 44.4 Å². The van der Waals surface area contributed by atoms with Crippen LogP contribution in [0.25, 0.3) is 28.0 Å². The summed E-state index contributed by atoms with van der Waals surface area (Å²) in [5.74, 6) is -0.353. The number of hydrogen-bond donors (Lipinski definition) is 1. The van der Waals surface area contributed by atoms with Crippen LogP contribution in [0.1, 0.15) is 16.1 Å². The number of imidazole rings is 1. The van der Waals surface area contributed by atoms with E-state index < -0.39 is 0 Å². The Hall–Kier alpha value is -3.65. The van der Waals surface area contributed by atoms with E-state index in [1.165, 1.54) is 4.90 Å². The Morgan fingerprint density at radius 1 is 1.16 bits per heavy atom. The summed E-state index contributed by atoms with van der Waals surface area (Å²) in [7, 11) is 1.89. The van der Waals surface area contributed by atoms with Crippen molar-refractivity contribution in [3.8, 4) is 22.4 Å². The lowest BCUT2D eigenvalue weighted by molar-refractivity contribution is -0.123. The number of nitrogens with zero attached hydrogens (tertiary/aromatic N) is 5. The van der Waals surface area contributed by atoms with Gasteiger partial charge in [-0.2, -0.15) is 5.10 Å². The van der Waals surface area contributed by atoms with Crippen molar-refractivity contribution in [3.63, 3.8) is 0 Å². The van der Waals surface area contributed by atoms with Crippen LogP contribution in [-0.2, 0) is 11.8 Å². The molecule has 0 spiro atoms. The zero-order chi connectivity index (χ0) is 22.4. The van der Waals surface area contributed by atoms with Crippen molar-refractivity contribution in [2.75, 3.05) is 19.6 Å². The summed E-state index contributed by atoms with van der Waals surface area (Å²) in [6, 6.07) is 11.3. The second-order valence-corrected chi connectivity index (χ2v) is 8.18. The van der Waals surface area contributed by atoms with Gasteiger partial charge < -0.3 is 10.2 Å². The van der Waals surface area contributed by atoms with Crippen LogP contribution in [0, 0.1) is 6.92 Å². The van der Waals surface area contributed by atoms with Gasteiger partial charge in [-0.05, 0) is 24.6 Å². The van der Waals surface area contributed by atoms with Crippen molar-refractivity contribution in [2.24, 2.45) is 7.05 Å². The number of aryl methyl sites for hydroxylation is 2. The van der Waals surface area contributed by atoms with Crippen LogP contribution < -0.4 is 5.32 Å². The number of carbonyl (C=O) groups excluding carboxylic acids is 2. The fourth-order valence-corrected chi connectivity index (χ4v) is 4.39. The Kier molecular flexibility index (Phi) is 4.94. The number of nitrogens with one attached hydrogen (secondary N) is 1. The number of aromatic nitrogens is 4. The number of carbonyl (C=O) groups is 2. The molecule has 1 saturated heterocycles. The van der Waals surface area contributed by atoms with Gasteiger partial charge in [0.05, 0.1) is 12.2 Å². The predicted octanol–water partition coefficient (Wildman–Crippen LogP) is 2.94. The van der Waals surface area contributed by atoms with Crippen molar-refractivity contribution < 1.29 is 9.59 Å². The van der Waals surface area contributed by atoms with Crippen molar-refractivity contribution >= 4 is 29.1 Å². The molecule has 0 radical (unpaired) electrons. The largest absolute Gasteiger partial charge is 0.353 e. The number of halogens is 1. The van der Waals surface area contributed by atoms with E-state index >= 15 is 0 Å². The highest BCUT2D eigenvalue weighted by Crippen LogP contribution is 2.37. The number of amides is 2. The van der Waals surface area contributed by atoms with Gasteiger partial charge in [0, 0.05) is 49.2 Å². The minimum Gasteiger partial charge on any atom is -0.353 e. The molecule has 32 heavy (non-hydrogen) atoms. The molecule has 4 aromatic rings. The summed E-state index contributed by atoms with van der Waals surface area (Å²) >= 11 is 6.73. The van der Waals surface area contributed by atoms with Gasteiger partial charge in [0.15, 0.2) is 0 Å².